The van der Waals surface area contributed by atoms with Crippen LogP contribution in [0.4, 0.5) is 10.2 Å². The third kappa shape index (κ3) is 3.18. The predicted octanol–water partition coefficient (Wildman–Crippen LogP) is 1.66. The highest BCUT2D eigenvalue weighted by Crippen LogP contribution is 2.17. The van der Waals surface area contributed by atoms with E-state index in [4.69, 9.17) is 0 Å². The van der Waals surface area contributed by atoms with Crippen LogP contribution in [-0.4, -0.2) is 38.9 Å². The number of carbonyl (C=O) groups excluding carboxylic acids is 1. The van der Waals surface area contributed by atoms with Crippen molar-refractivity contribution in [3.8, 4) is 0 Å². The average molecular weight is 291 g/mol. The van der Waals surface area contributed by atoms with E-state index in [1.165, 1.54) is 17.2 Å². The first-order valence-electron chi connectivity index (χ1n) is 6.64. The summed E-state index contributed by atoms with van der Waals surface area (Å²) >= 11 is 0. The maximum Gasteiger partial charge on any atom is 0.257 e. The number of hydrogen-bond donors (Lipinski definition) is 1. The van der Waals surface area contributed by atoms with E-state index < -0.39 is 11.7 Å². The first-order chi connectivity index (χ1) is 10.0. The summed E-state index contributed by atoms with van der Waals surface area (Å²) in [6.45, 7) is 2.67. The number of anilines is 1. The van der Waals surface area contributed by atoms with Crippen molar-refractivity contribution >= 4 is 11.7 Å². The number of nitrogens with one attached hydrogen (secondary N) is 1. The standard InChI is InChI=1S/C14H18FN5O/c1-4-16-13-12(15)10(5-6-18-13)14(21)20(3)9-11-17-7-8-19(11)2/h5-8H,4,9H2,1-3H3,(H,16,18). The van der Waals surface area contributed by atoms with E-state index >= 15 is 0 Å². The zero-order valence-electron chi connectivity index (χ0n) is 12.3. The van der Waals surface area contributed by atoms with Crippen molar-refractivity contribution in [1.29, 1.82) is 0 Å². The smallest absolute Gasteiger partial charge is 0.257 e. The molecule has 0 saturated carbocycles. The molecule has 2 aromatic rings. The van der Waals surface area contributed by atoms with Crippen LogP contribution in [0.15, 0.2) is 24.7 Å². The van der Waals surface area contributed by atoms with Crippen LogP contribution in [0.1, 0.15) is 23.1 Å². The number of aromatic nitrogens is 3. The lowest BCUT2D eigenvalue weighted by Crippen LogP contribution is -2.28. The van der Waals surface area contributed by atoms with Crippen LogP contribution >= 0.6 is 0 Å². The van der Waals surface area contributed by atoms with E-state index in [0.717, 1.165) is 5.82 Å². The van der Waals surface area contributed by atoms with Gasteiger partial charge in [0, 0.05) is 39.2 Å². The Balaban J connectivity index is 2.19. The fraction of sp³-hybridized carbons (Fsp3) is 0.357. The number of halogens is 1. The maximum atomic E-state index is 14.2. The van der Waals surface area contributed by atoms with Gasteiger partial charge >= 0.3 is 0 Å². The molecule has 0 unspecified atom stereocenters. The number of amides is 1. The Morgan fingerprint density at radius 1 is 1.43 bits per heavy atom. The zero-order chi connectivity index (χ0) is 15.4. The highest BCUT2D eigenvalue weighted by atomic mass is 19.1. The molecular formula is C14H18FN5O. The fourth-order valence-electron chi connectivity index (χ4n) is 1.94. The van der Waals surface area contributed by atoms with Gasteiger partial charge in [0.05, 0.1) is 12.1 Å². The summed E-state index contributed by atoms with van der Waals surface area (Å²) < 4.78 is 16.1. The molecule has 0 aliphatic heterocycles. The molecule has 0 radical (unpaired) electrons. The monoisotopic (exact) mass is 291 g/mol. The Hall–Kier alpha value is -2.44. The second-order valence-electron chi connectivity index (χ2n) is 4.67. The van der Waals surface area contributed by atoms with Gasteiger partial charge in [0.2, 0.25) is 0 Å². The molecule has 0 bridgehead atoms. The van der Waals surface area contributed by atoms with E-state index in [2.05, 4.69) is 15.3 Å². The normalized spacial score (nSPS) is 10.5. The number of carbonyl (C=O) groups is 1. The fourth-order valence-corrected chi connectivity index (χ4v) is 1.94. The lowest BCUT2D eigenvalue weighted by Gasteiger charge is -2.18. The number of imidazole rings is 1. The number of aryl methyl sites for hydroxylation is 1. The van der Waals surface area contributed by atoms with Gasteiger partial charge < -0.3 is 14.8 Å². The van der Waals surface area contributed by atoms with E-state index in [0.29, 0.717) is 13.1 Å². The number of nitrogens with zero attached hydrogens (tertiary/aromatic N) is 4. The molecule has 0 fully saturated rings. The van der Waals surface area contributed by atoms with Crippen LogP contribution in [0.3, 0.4) is 0 Å². The summed E-state index contributed by atoms with van der Waals surface area (Å²) in [6.07, 6.45) is 4.87. The van der Waals surface area contributed by atoms with Crippen LogP contribution in [-0.2, 0) is 13.6 Å². The van der Waals surface area contributed by atoms with E-state index in [9.17, 15) is 9.18 Å². The van der Waals surface area contributed by atoms with Crippen molar-refractivity contribution in [3.05, 3.63) is 41.9 Å². The summed E-state index contributed by atoms with van der Waals surface area (Å²) in [6, 6.07) is 1.38. The molecule has 2 aromatic heterocycles. The third-order valence-electron chi connectivity index (χ3n) is 3.11. The minimum atomic E-state index is -0.629. The minimum Gasteiger partial charge on any atom is -0.368 e. The maximum absolute atomic E-state index is 14.2. The number of pyridine rings is 1. The molecule has 2 rings (SSSR count). The molecule has 0 atom stereocenters. The molecule has 7 heteroatoms. The Morgan fingerprint density at radius 3 is 2.81 bits per heavy atom. The first kappa shape index (κ1) is 15.0. The van der Waals surface area contributed by atoms with Crippen LogP contribution in [0.5, 0.6) is 0 Å². The molecule has 6 nitrogen and oxygen atoms in total. The van der Waals surface area contributed by atoms with Crippen LogP contribution in [0.2, 0.25) is 0 Å². The van der Waals surface area contributed by atoms with Crippen LogP contribution in [0.25, 0.3) is 0 Å². The topological polar surface area (TPSA) is 63.1 Å². The second-order valence-corrected chi connectivity index (χ2v) is 4.67. The van der Waals surface area contributed by atoms with E-state index in [1.807, 2.05) is 18.5 Å². The van der Waals surface area contributed by atoms with Crippen molar-refractivity contribution in [2.24, 2.45) is 7.05 Å². The summed E-state index contributed by atoms with van der Waals surface area (Å²) in [5.41, 5.74) is -0.00217. The summed E-state index contributed by atoms with van der Waals surface area (Å²) in [7, 11) is 3.46. The predicted molar refractivity (Wildman–Crippen MR) is 77.4 cm³/mol. The lowest BCUT2D eigenvalue weighted by molar-refractivity contribution is 0.0776. The van der Waals surface area contributed by atoms with Gasteiger partial charge in [-0.05, 0) is 13.0 Å². The molecule has 0 spiro atoms. The van der Waals surface area contributed by atoms with Gasteiger partial charge in [-0.1, -0.05) is 0 Å². The molecule has 1 N–H and O–H groups in total. The largest absolute Gasteiger partial charge is 0.368 e. The molecule has 2 heterocycles. The summed E-state index contributed by atoms with van der Waals surface area (Å²) in [5.74, 6) is -0.214. The Morgan fingerprint density at radius 2 is 2.19 bits per heavy atom. The van der Waals surface area contributed by atoms with Gasteiger partial charge in [-0.25, -0.2) is 14.4 Å². The molecule has 1 amide bonds. The van der Waals surface area contributed by atoms with Crippen molar-refractivity contribution in [3.63, 3.8) is 0 Å². The number of hydrogen-bond acceptors (Lipinski definition) is 4. The average Bonchev–Trinajstić information content (AvgIpc) is 2.86. The molecule has 0 saturated heterocycles. The molecule has 21 heavy (non-hydrogen) atoms. The Labute approximate surface area is 122 Å². The van der Waals surface area contributed by atoms with E-state index in [1.54, 1.807) is 19.4 Å². The van der Waals surface area contributed by atoms with Crippen molar-refractivity contribution in [1.82, 2.24) is 19.4 Å². The molecule has 0 aromatic carbocycles. The molecule has 0 aliphatic carbocycles. The van der Waals surface area contributed by atoms with Gasteiger partial charge in [-0.3, -0.25) is 4.79 Å². The minimum absolute atomic E-state index is 0.00217. The summed E-state index contributed by atoms with van der Waals surface area (Å²) in [5, 5.41) is 2.79. The van der Waals surface area contributed by atoms with Crippen molar-refractivity contribution in [2.75, 3.05) is 18.9 Å². The van der Waals surface area contributed by atoms with Crippen molar-refractivity contribution in [2.45, 2.75) is 13.5 Å². The zero-order valence-corrected chi connectivity index (χ0v) is 12.3. The second kappa shape index (κ2) is 6.34. The molecule has 0 aliphatic rings. The SMILES string of the molecule is CCNc1nccc(C(=O)N(C)Cc2nccn2C)c1F. The van der Waals surface area contributed by atoms with Gasteiger partial charge in [0.25, 0.3) is 5.91 Å². The first-order valence-corrected chi connectivity index (χ1v) is 6.64. The third-order valence-corrected chi connectivity index (χ3v) is 3.11. The summed E-state index contributed by atoms with van der Waals surface area (Å²) in [4.78, 5) is 21.8. The van der Waals surface area contributed by atoms with Gasteiger partial charge in [-0.2, -0.15) is 0 Å². The van der Waals surface area contributed by atoms with Gasteiger partial charge in [-0.15, -0.1) is 0 Å². The van der Waals surface area contributed by atoms with Crippen molar-refractivity contribution < 1.29 is 9.18 Å². The molecular weight excluding hydrogens is 273 g/mol. The van der Waals surface area contributed by atoms with Gasteiger partial charge in [0.15, 0.2) is 11.6 Å². The quantitative estimate of drug-likeness (QED) is 0.910. The van der Waals surface area contributed by atoms with Crippen LogP contribution in [0, 0.1) is 5.82 Å². The Bertz CT molecular complexity index is 640. The molecule has 112 valence electrons. The number of rotatable bonds is 5. The highest BCUT2D eigenvalue weighted by molar-refractivity contribution is 5.95. The van der Waals surface area contributed by atoms with Gasteiger partial charge in [0.1, 0.15) is 5.82 Å². The van der Waals surface area contributed by atoms with Crippen LogP contribution < -0.4 is 5.32 Å². The lowest BCUT2D eigenvalue weighted by atomic mass is 10.2. The Kier molecular flexibility index (Phi) is 4.52. The van der Waals surface area contributed by atoms with E-state index in [-0.39, 0.29) is 11.4 Å². The highest BCUT2D eigenvalue weighted by Gasteiger charge is 2.20.